The summed E-state index contributed by atoms with van der Waals surface area (Å²) < 4.78 is 12.4. The predicted molar refractivity (Wildman–Crippen MR) is 141 cm³/mol. The molecule has 37 heavy (non-hydrogen) atoms. The van der Waals surface area contributed by atoms with Crippen molar-refractivity contribution in [2.24, 2.45) is 0 Å². The summed E-state index contributed by atoms with van der Waals surface area (Å²) in [6.07, 6.45) is 6.03. The summed E-state index contributed by atoms with van der Waals surface area (Å²) in [4.78, 5) is 43.6. The highest BCUT2D eigenvalue weighted by atomic mass is 16.5. The van der Waals surface area contributed by atoms with Gasteiger partial charge >= 0.3 is 0 Å². The Labute approximate surface area is 214 Å². The quantitative estimate of drug-likeness (QED) is 0.334. The van der Waals surface area contributed by atoms with Crippen molar-refractivity contribution in [3.63, 3.8) is 0 Å². The van der Waals surface area contributed by atoms with Gasteiger partial charge in [-0.25, -0.2) is 0 Å². The van der Waals surface area contributed by atoms with Gasteiger partial charge in [0.1, 0.15) is 6.54 Å². The second kappa shape index (κ2) is 11.5. The lowest BCUT2D eigenvalue weighted by Crippen LogP contribution is -2.36. The maximum atomic E-state index is 13.4. The van der Waals surface area contributed by atoms with E-state index in [0.29, 0.717) is 22.6 Å². The van der Waals surface area contributed by atoms with Gasteiger partial charge in [-0.3, -0.25) is 19.4 Å². The van der Waals surface area contributed by atoms with E-state index in [0.717, 1.165) is 12.8 Å². The average Bonchev–Trinajstić information content (AvgIpc) is 2.93. The van der Waals surface area contributed by atoms with E-state index in [1.807, 2.05) is 25.1 Å². The Morgan fingerprint density at radius 3 is 2.35 bits per heavy atom. The molecule has 8 nitrogen and oxygen atoms in total. The van der Waals surface area contributed by atoms with E-state index < -0.39 is 11.2 Å². The molecule has 0 bridgehead atoms. The molecule has 8 heteroatoms. The van der Waals surface area contributed by atoms with Gasteiger partial charge in [0.25, 0.3) is 0 Å². The third-order valence-corrected chi connectivity index (χ3v) is 6.20. The first-order valence-corrected chi connectivity index (χ1v) is 12.0. The first kappa shape index (κ1) is 25.6. The number of carbonyl (C=O) groups is 2. The monoisotopic (exact) mass is 499 g/mol. The molecular formula is C29H29N3O5. The largest absolute Gasteiger partial charge is 0.493 e. The van der Waals surface area contributed by atoms with E-state index in [9.17, 15) is 14.4 Å². The first-order valence-electron chi connectivity index (χ1n) is 12.0. The molecule has 1 amide bonds. The highest BCUT2D eigenvalue weighted by Crippen LogP contribution is 2.31. The van der Waals surface area contributed by atoms with Gasteiger partial charge in [0.05, 0.1) is 30.7 Å². The molecule has 0 aliphatic carbocycles. The van der Waals surface area contributed by atoms with Crippen LogP contribution in [0.4, 0.5) is 0 Å². The fourth-order valence-corrected chi connectivity index (χ4v) is 4.24. The van der Waals surface area contributed by atoms with Crippen LogP contribution in [0.2, 0.25) is 0 Å². The minimum absolute atomic E-state index is 0.0455. The second-order valence-electron chi connectivity index (χ2n) is 8.78. The average molecular weight is 500 g/mol. The van der Waals surface area contributed by atoms with Crippen LogP contribution in [0.15, 0.2) is 78.0 Å². The lowest BCUT2D eigenvalue weighted by molar-refractivity contribution is -0.122. The number of pyridine rings is 2. The van der Waals surface area contributed by atoms with Crippen LogP contribution in [0, 0.1) is 0 Å². The van der Waals surface area contributed by atoms with Crippen molar-refractivity contribution in [3.8, 4) is 11.5 Å². The molecule has 2 heterocycles. The zero-order valence-corrected chi connectivity index (χ0v) is 21.1. The molecule has 1 atom stereocenters. The lowest BCUT2D eigenvalue weighted by atomic mass is 10.0. The number of carbonyl (C=O) groups excluding carboxylic acids is 2. The van der Waals surface area contributed by atoms with Crippen LogP contribution in [-0.4, -0.2) is 41.5 Å². The van der Waals surface area contributed by atoms with Gasteiger partial charge in [0, 0.05) is 36.3 Å². The van der Waals surface area contributed by atoms with Crippen LogP contribution >= 0.6 is 0 Å². The Morgan fingerprint density at radius 1 is 1.00 bits per heavy atom. The number of aromatic nitrogens is 2. The van der Waals surface area contributed by atoms with Crippen LogP contribution in [0.1, 0.15) is 34.8 Å². The van der Waals surface area contributed by atoms with Crippen LogP contribution in [0.5, 0.6) is 11.5 Å². The molecule has 1 N–H and O–H groups in total. The van der Waals surface area contributed by atoms with Crippen molar-refractivity contribution >= 4 is 22.6 Å². The van der Waals surface area contributed by atoms with E-state index in [-0.39, 0.29) is 29.4 Å². The Morgan fingerprint density at radius 2 is 1.68 bits per heavy atom. The van der Waals surface area contributed by atoms with Gasteiger partial charge < -0.3 is 19.4 Å². The summed E-state index contributed by atoms with van der Waals surface area (Å²) in [5.74, 6) is 0.0798. The number of hydrogen-bond acceptors (Lipinski definition) is 6. The Balaban J connectivity index is 1.66. The van der Waals surface area contributed by atoms with Gasteiger partial charge in [0.15, 0.2) is 17.3 Å². The maximum absolute atomic E-state index is 13.4. The topological polar surface area (TPSA) is 99.5 Å². The van der Waals surface area contributed by atoms with Crippen LogP contribution in [0.3, 0.4) is 0 Å². The second-order valence-corrected chi connectivity index (χ2v) is 8.78. The van der Waals surface area contributed by atoms with Gasteiger partial charge in [-0.1, -0.05) is 30.3 Å². The summed E-state index contributed by atoms with van der Waals surface area (Å²) in [5, 5.41) is 3.27. The minimum Gasteiger partial charge on any atom is -0.493 e. The number of ether oxygens (including phenoxy) is 2. The number of nitrogens with one attached hydrogen (secondary N) is 1. The van der Waals surface area contributed by atoms with E-state index in [4.69, 9.17) is 9.47 Å². The summed E-state index contributed by atoms with van der Waals surface area (Å²) in [5.41, 5.74) is 1.50. The van der Waals surface area contributed by atoms with Gasteiger partial charge in [0.2, 0.25) is 11.3 Å². The highest BCUT2D eigenvalue weighted by Gasteiger charge is 2.20. The van der Waals surface area contributed by atoms with E-state index >= 15 is 0 Å². The molecule has 2 aromatic carbocycles. The molecule has 190 valence electrons. The van der Waals surface area contributed by atoms with Crippen LogP contribution in [-0.2, 0) is 17.8 Å². The molecule has 4 aromatic rings. The van der Waals surface area contributed by atoms with Crippen molar-refractivity contribution in [3.05, 3.63) is 100 Å². The Kier molecular flexibility index (Phi) is 7.98. The summed E-state index contributed by atoms with van der Waals surface area (Å²) >= 11 is 0. The van der Waals surface area contributed by atoms with Crippen molar-refractivity contribution in [2.75, 3.05) is 14.2 Å². The highest BCUT2D eigenvalue weighted by molar-refractivity contribution is 6.10. The van der Waals surface area contributed by atoms with Gasteiger partial charge in [-0.15, -0.1) is 0 Å². The van der Waals surface area contributed by atoms with E-state index in [1.54, 1.807) is 22.8 Å². The van der Waals surface area contributed by atoms with Crippen molar-refractivity contribution in [2.45, 2.75) is 32.4 Å². The standard InChI is InChI=1S/C29H29N3O5/c1-19(9-10-20-7-5-4-6-8-20)31-27(33)18-32-17-23(28(34)21-11-13-30-14-12-21)29(35)22-15-25(36-2)26(37-3)16-24(22)32/h4-8,11-17,19H,9-10,18H2,1-3H3,(H,31,33). The van der Waals surface area contributed by atoms with Gasteiger partial charge in [-0.2, -0.15) is 0 Å². The first-order chi connectivity index (χ1) is 17.9. The number of ketones is 1. The normalized spacial score (nSPS) is 11.6. The molecule has 4 rings (SSSR count). The Hall–Kier alpha value is -4.46. The summed E-state index contributed by atoms with van der Waals surface area (Å²) in [6, 6.07) is 16.3. The molecule has 2 aromatic heterocycles. The number of rotatable bonds is 10. The maximum Gasteiger partial charge on any atom is 0.240 e. The number of aryl methyl sites for hydroxylation is 1. The number of hydrogen-bond donors (Lipinski definition) is 1. The van der Waals surface area contributed by atoms with Gasteiger partial charge in [-0.05, 0) is 43.5 Å². The fraction of sp³-hybridized carbons (Fsp3) is 0.241. The van der Waals surface area contributed by atoms with E-state index in [1.165, 1.54) is 44.4 Å². The SMILES string of the molecule is COc1cc2c(=O)c(C(=O)c3ccncc3)cn(CC(=O)NC(C)CCc3ccccc3)c2cc1OC. The zero-order chi connectivity index (χ0) is 26.4. The number of nitrogens with zero attached hydrogens (tertiary/aromatic N) is 2. The fourth-order valence-electron chi connectivity index (χ4n) is 4.24. The minimum atomic E-state index is -0.453. The summed E-state index contributed by atoms with van der Waals surface area (Å²) in [6.45, 7) is 1.87. The molecule has 0 saturated heterocycles. The molecular weight excluding hydrogens is 470 g/mol. The molecule has 0 fully saturated rings. The van der Waals surface area contributed by atoms with Crippen LogP contribution in [0.25, 0.3) is 10.9 Å². The molecule has 0 saturated carbocycles. The van der Waals surface area contributed by atoms with Crippen LogP contribution < -0.4 is 20.2 Å². The Bertz CT molecular complexity index is 1470. The third kappa shape index (κ3) is 5.86. The smallest absolute Gasteiger partial charge is 0.240 e. The summed E-state index contributed by atoms with van der Waals surface area (Å²) in [7, 11) is 2.97. The number of amides is 1. The molecule has 0 radical (unpaired) electrons. The van der Waals surface area contributed by atoms with Crippen molar-refractivity contribution in [1.29, 1.82) is 0 Å². The number of fused-ring (bicyclic) bond motifs is 1. The zero-order valence-electron chi connectivity index (χ0n) is 21.1. The third-order valence-electron chi connectivity index (χ3n) is 6.20. The molecule has 0 spiro atoms. The molecule has 0 aliphatic rings. The number of benzene rings is 2. The predicted octanol–water partition coefficient (Wildman–Crippen LogP) is 3.78. The van der Waals surface area contributed by atoms with Crippen molar-refractivity contribution in [1.82, 2.24) is 14.9 Å². The number of methoxy groups -OCH3 is 2. The lowest BCUT2D eigenvalue weighted by Gasteiger charge is -2.18. The van der Waals surface area contributed by atoms with Crippen molar-refractivity contribution < 1.29 is 19.1 Å². The van der Waals surface area contributed by atoms with E-state index in [2.05, 4.69) is 22.4 Å². The molecule has 0 aliphatic heterocycles. The molecule has 1 unspecified atom stereocenters.